The van der Waals surface area contributed by atoms with Gasteiger partial charge in [-0.1, -0.05) is 18.2 Å². The molecule has 6 heteroatoms. The van der Waals surface area contributed by atoms with E-state index in [9.17, 15) is 18.0 Å². The second-order valence-electron chi connectivity index (χ2n) is 4.17. The summed E-state index contributed by atoms with van der Waals surface area (Å²) in [6.45, 7) is 1.72. The van der Waals surface area contributed by atoms with Crippen LogP contribution in [-0.2, 0) is 9.53 Å². The third-order valence-electron chi connectivity index (χ3n) is 2.73. The third kappa shape index (κ3) is 4.81. The Labute approximate surface area is 109 Å². The van der Waals surface area contributed by atoms with Crippen LogP contribution in [-0.4, -0.2) is 25.3 Å². The first-order chi connectivity index (χ1) is 8.84. The molecule has 0 spiro atoms. The summed E-state index contributed by atoms with van der Waals surface area (Å²) in [5, 5.41) is 2.43. The van der Waals surface area contributed by atoms with Gasteiger partial charge in [0.2, 0.25) is 0 Å². The molecule has 0 saturated heterocycles. The monoisotopic (exact) mass is 275 g/mol. The van der Waals surface area contributed by atoms with Gasteiger partial charge in [-0.3, -0.25) is 4.79 Å². The van der Waals surface area contributed by atoms with Gasteiger partial charge < -0.3 is 10.1 Å². The zero-order valence-corrected chi connectivity index (χ0v) is 10.8. The van der Waals surface area contributed by atoms with Gasteiger partial charge in [0.1, 0.15) is 6.04 Å². The number of rotatable bonds is 5. The Morgan fingerprint density at radius 2 is 2.00 bits per heavy atom. The molecule has 0 amide bonds. The third-order valence-corrected chi connectivity index (χ3v) is 2.73. The van der Waals surface area contributed by atoms with Crippen molar-refractivity contribution in [2.75, 3.05) is 12.4 Å². The molecule has 3 nitrogen and oxygen atoms in total. The van der Waals surface area contributed by atoms with Crippen molar-refractivity contribution >= 4 is 11.7 Å². The van der Waals surface area contributed by atoms with Gasteiger partial charge >= 0.3 is 12.1 Å². The molecule has 1 atom stereocenters. The molecule has 1 rings (SSSR count). The Bertz CT molecular complexity index is 432. The number of aryl methyl sites for hydroxylation is 1. The summed E-state index contributed by atoms with van der Waals surface area (Å²) < 4.78 is 43.0. The van der Waals surface area contributed by atoms with Crippen LogP contribution < -0.4 is 5.32 Å². The maximum Gasteiger partial charge on any atom is 0.408 e. The molecule has 106 valence electrons. The van der Waals surface area contributed by atoms with Crippen LogP contribution in [0.2, 0.25) is 0 Å². The summed E-state index contributed by atoms with van der Waals surface area (Å²) in [7, 11) is 1.15. The number of nitrogens with one attached hydrogen (secondary N) is 1. The summed E-state index contributed by atoms with van der Waals surface area (Å²) in [4.78, 5) is 10.9. The number of carbonyl (C=O) groups excluding carboxylic acids is 1. The minimum atomic E-state index is -4.42. The lowest BCUT2D eigenvalue weighted by Crippen LogP contribution is -2.37. The van der Waals surface area contributed by atoms with Crippen molar-refractivity contribution in [3.8, 4) is 0 Å². The molecule has 0 saturated carbocycles. The quantitative estimate of drug-likeness (QED) is 0.838. The van der Waals surface area contributed by atoms with E-state index in [1.807, 2.05) is 0 Å². The van der Waals surface area contributed by atoms with Crippen LogP contribution in [0, 0.1) is 6.92 Å². The molecule has 1 aromatic rings. The predicted molar refractivity (Wildman–Crippen MR) is 65.9 cm³/mol. The number of para-hydroxylation sites is 1. The topological polar surface area (TPSA) is 38.3 Å². The zero-order chi connectivity index (χ0) is 14.5. The van der Waals surface area contributed by atoms with Gasteiger partial charge in [-0.05, 0) is 25.0 Å². The summed E-state index contributed by atoms with van der Waals surface area (Å²) in [5.41, 5.74) is 1.13. The average Bonchev–Trinajstić information content (AvgIpc) is 2.34. The molecule has 0 bridgehead atoms. The van der Waals surface area contributed by atoms with Crippen molar-refractivity contribution in [1.82, 2.24) is 0 Å². The lowest BCUT2D eigenvalue weighted by molar-refractivity contribution is -0.149. The Morgan fingerprint density at radius 1 is 1.37 bits per heavy atom. The maximum atomic E-state index is 12.9. The summed E-state index contributed by atoms with van der Waals surface area (Å²) in [6.07, 6.45) is -5.06. The molecule has 0 aliphatic heterocycles. The molecule has 0 unspecified atom stereocenters. The van der Waals surface area contributed by atoms with Crippen LogP contribution in [0.25, 0.3) is 0 Å². The van der Waals surface area contributed by atoms with Crippen LogP contribution in [0.15, 0.2) is 24.3 Å². The molecule has 0 aliphatic carbocycles. The number of methoxy groups -OCH3 is 1. The van der Waals surface area contributed by atoms with E-state index < -0.39 is 18.2 Å². The van der Waals surface area contributed by atoms with E-state index in [0.717, 1.165) is 12.7 Å². The van der Waals surface area contributed by atoms with Crippen molar-refractivity contribution in [3.63, 3.8) is 0 Å². The second kappa shape index (κ2) is 6.45. The zero-order valence-electron chi connectivity index (χ0n) is 10.8. The fourth-order valence-corrected chi connectivity index (χ4v) is 1.60. The Balaban J connectivity index is 2.76. The van der Waals surface area contributed by atoms with Gasteiger partial charge in [-0.2, -0.15) is 13.2 Å². The van der Waals surface area contributed by atoms with Crippen molar-refractivity contribution in [3.05, 3.63) is 29.8 Å². The summed E-state index contributed by atoms with van der Waals surface area (Å²) in [5.74, 6) is -0.652. The largest absolute Gasteiger partial charge is 0.469 e. The number of hydrogen-bond donors (Lipinski definition) is 1. The minimum Gasteiger partial charge on any atom is -0.469 e. The molecule has 0 fully saturated rings. The summed E-state index contributed by atoms with van der Waals surface area (Å²) in [6, 6.07) is 4.93. The van der Waals surface area contributed by atoms with Crippen LogP contribution in [0.3, 0.4) is 0 Å². The molecule has 0 radical (unpaired) electrons. The highest BCUT2D eigenvalue weighted by atomic mass is 19.4. The number of esters is 1. The number of benzene rings is 1. The Morgan fingerprint density at radius 3 is 2.53 bits per heavy atom. The first kappa shape index (κ1) is 15.3. The van der Waals surface area contributed by atoms with Gasteiger partial charge in [-0.15, -0.1) is 0 Å². The van der Waals surface area contributed by atoms with E-state index in [0.29, 0.717) is 5.69 Å². The highest BCUT2D eigenvalue weighted by molar-refractivity contribution is 5.69. The van der Waals surface area contributed by atoms with Gasteiger partial charge in [-0.25, -0.2) is 0 Å². The molecule has 1 aromatic carbocycles. The second-order valence-corrected chi connectivity index (χ2v) is 4.17. The SMILES string of the molecule is COC(=O)CC[C@@H](Nc1ccccc1C)C(F)(F)F. The fraction of sp³-hybridized carbons (Fsp3) is 0.462. The first-order valence-corrected chi connectivity index (χ1v) is 5.80. The molecular weight excluding hydrogens is 259 g/mol. The van der Waals surface area contributed by atoms with Crippen molar-refractivity contribution in [2.45, 2.75) is 32.0 Å². The number of halogens is 3. The van der Waals surface area contributed by atoms with Gasteiger partial charge in [0.25, 0.3) is 0 Å². The lowest BCUT2D eigenvalue weighted by Gasteiger charge is -2.23. The van der Waals surface area contributed by atoms with Crippen LogP contribution in [0.1, 0.15) is 18.4 Å². The van der Waals surface area contributed by atoms with Gasteiger partial charge in [0, 0.05) is 12.1 Å². The molecule has 0 heterocycles. The highest BCUT2D eigenvalue weighted by Crippen LogP contribution is 2.28. The number of anilines is 1. The predicted octanol–water partition coefficient (Wildman–Crippen LogP) is 3.29. The Hall–Kier alpha value is -1.72. The number of ether oxygens (including phenoxy) is 1. The van der Waals surface area contributed by atoms with E-state index in [1.165, 1.54) is 0 Å². The smallest absolute Gasteiger partial charge is 0.408 e. The van der Waals surface area contributed by atoms with Crippen molar-refractivity contribution < 1.29 is 22.7 Å². The molecule has 0 aromatic heterocycles. The number of carbonyl (C=O) groups is 1. The normalized spacial score (nSPS) is 12.9. The Kier molecular flexibility index (Phi) is 5.20. The van der Waals surface area contributed by atoms with Crippen LogP contribution in [0.5, 0.6) is 0 Å². The van der Waals surface area contributed by atoms with Gasteiger partial charge in [0.15, 0.2) is 0 Å². The van der Waals surface area contributed by atoms with E-state index in [-0.39, 0.29) is 12.8 Å². The molecular formula is C13H16F3NO2. The molecule has 19 heavy (non-hydrogen) atoms. The first-order valence-electron chi connectivity index (χ1n) is 5.80. The van der Waals surface area contributed by atoms with E-state index >= 15 is 0 Å². The average molecular weight is 275 g/mol. The van der Waals surface area contributed by atoms with Crippen LogP contribution >= 0.6 is 0 Å². The van der Waals surface area contributed by atoms with E-state index in [1.54, 1.807) is 31.2 Å². The fourth-order valence-electron chi connectivity index (χ4n) is 1.60. The number of alkyl halides is 3. The van der Waals surface area contributed by atoms with Crippen molar-refractivity contribution in [1.29, 1.82) is 0 Å². The van der Waals surface area contributed by atoms with Gasteiger partial charge in [0.05, 0.1) is 7.11 Å². The molecule has 1 N–H and O–H groups in total. The maximum absolute atomic E-state index is 12.9. The summed E-state index contributed by atoms with van der Waals surface area (Å²) >= 11 is 0. The van der Waals surface area contributed by atoms with E-state index in [4.69, 9.17) is 0 Å². The minimum absolute atomic E-state index is 0.278. The highest BCUT2D eigenvalue weighted by Gasteiger charge is 2.39. The van der Waals surface area contributed by atoms with Crippen molar-refractivity contribution in [2.24, 2.45) is 0 Å². The standard InChI is InChI=1S/C13H16F3NO2/c1-9-5-3-4-6-10(9)17-11(13(14,15)16)7-8-12(18)19-2/h3-6,11,17H,7-8H2,1-2H3/t11-/m1/s1. The van der Waals surface area contributed by atoms with Crippen LogP contribution in [0.4, 0.5) is 18.9 Å². The lowest BCUT2D eigenvalue weighted by atomic mass is 10.1. The molecule has 0 aliphatic rings. The number of hydrogen-bond acceptors (Lipinski definition) is 3. The van der Waals surface area contributed by atoms with E-state index in [2.05, 4.69) is 10.1 Å².